The highest BCUT2D eigenvalue weighted by Gasteiger charge is 2.22. The number of hydrogen-bond donors (Lipinski definition) is 2. The number of nitrogens with two attached hydrogens (primary N) is 1. The van der Waals surface area contributed by atoms with Gasteiger partial charge >= 0.3 is 0 Å². The fourth-order valence-electron chi connectivity index (χ4n) is 4.01. The Kier molecular flexibility index (Phi) is 6.12. The summed E-state index contributed by atoms with van der Waals surface area (Å²) < 4.78 is 7.88. The number of aryl methyl sites for hydroxylation is 3. The van der Waals surface area contributed by atoms with Crippen molar-refractivity contribution in [3.05, 3.63) is 77.5 Å². The molecule has 32 heavy (non-hydrogen) atoms. The largest absolute Gasteiger partial charge is 0.483 e. The number of benzene rings is 2. The van der Waals surface area contributed by atoms with Gasteiger partial charge in [0.25, 0.3) is 5.91 Å². The molecule has 0 atom stereocenters. The number of carbonyl (C=O) groups is 1. The van der Waals surface area contributed by atoms with Gasteiger partial charge in [-0.25, -0.2) is 4.98 Å². The number of fused-ring (bicyclic) bond motifs is 1. The lowest BCUT2D eigenvalue weighted by Gasteiger charge is -2.17. The van der Waals surface area contributed by atoms with Crippen molar-refractivity contribution >= 4 is 23.1 Å². The van der Waals surface area contributed by atoms with Gasteiger partial charge < -0.3 is 15.8 Å². The van der Waals surface area contributed by atoms with Gasteiger partial charge in [0, 0.05) is 17.4 Å². The van der Waals surface area contributed by atoms with Crippen molar-refractivity contribution in [3.63, 3.8) is 0 Å². The zero-order valence-electron chi connectivity index (χ0n) is 18.7. The number of hydrogen-bond acceptors (Lipinski definition) is 4. The third kappa shape index (κ3) is 4.17. The third-order valence-corrected chi connectivity index (χ3v) is 5.49. The molecule has 0 radical (unpaired) electrons. The number of pyridine rings is 1. The van der Waals surface area contributed by atoms with Gasteiger partial charge in [-0.1, -0.05) is 49.7 Å². The predicted octanol–water partition coefficient (Wildman–Crippen LogP) is 5.18. The molecule has 2 heterocycles. The van der Waals surface area contributed by atoms with Crippen molar-refractivity contribution in [2.24, 2.45) is 5.73 Å². The topological polar surface area (TPSA) is 81.7 Å². The van der Waals surface area contributed by atoms with Crippen molar-refractivity contribution in [2.45, 2.75) is 33.6 Å². The normalized spacial score (nSPS) is 11.0. The molecule has 0 fully saturated rings. The number of rotatable bonds is 8. The van der Waals surface area contributed by atoms with Crippen molar-refractivity contribution in [3.8, 4) is 17.0 Å². The van der Waals surface area contributed by atoms with Crippen LogP contribution in [-0.2, 0) is 11.2 Å². The summed E-state index contributed by atoms with van der Waals surface area (Å²) in [6, 6.07) is 18.1. The first-order valence-corrected chi connectivity index (χ1v) is 10.8. The zero-order chi connectivity index (χ0) is 22.7. The van der Waals surface area contributed by atoms with E-state index in [-0.39, 0.29) is 6.61 Å². The van der Waals surface area contributed by atoms with Gasteiger partial charge in [-0.15, -0.1) is 0 Å². The second-order valence-electron chi connectivity index (χ2n) is 7.92. The molecule has 0 saturated carbocycles. The summed E-state index contributed by atoms with van der Waals surface area (Å²) in [7, 11) is 0. The van der Waals surface area contributed by atoms with Crippen LogP contribution in [0.25, 0.3) is 16.9 Å². The van der Waals surface area contributed by atoms with Crippen LogP contribution in [0.2, 0.25) is 0 Å². The number of carbonyl (C=O) groups excluding carboxylic acids is 1. The minimum Gasteiger partial charge on any atom is -0.483 e. The molecule has 0 aliphatic rings. The van der Waals surface area contributed by atoms with E-state index >= 15 is 0 Å². The molecule has 6 nitrogen and oxygen atoms in total. The van der Waals surface area contributed by atoms with Crippen LogP contribution in [0.3, 0.4) is 0 Å². The van der Waals surface area contributed by atoms with Gasteiger partial charge in [-0.2, -0.15) is 0 Å². The quantitative estimate of drug-likeness (QED) is 0.405. The van der Waals surface area contributed by atoms with Crippen molar-refractivity contribution in [2.75, 3.05) is 11.9 Å². The van der Waals surface area contributed by atoms with Gasteiger partial charge in [0.2, 0.25) is 0 Å². The number of imidazole rings is 1. The molecular weight excluding hydrogens is 400 g/mol. The summed E-state index contributed by atoms with van der Waals surface area (Å²) in [4.78, 5) is 16.4. The van der Waals surface area contributed by atoms with Crippen molar-refractivity contribution in [1.29, 1.82) is 0 Å². The lowest BCUT2D eigenvalue weighted by atomic mass is 9.99. The average Bonchev–Trinajstić information content (AvgIpc) is 3.13. The molecule has 2 aromatic carbocycles. The van der Waals surface area contributed by atoms with Crippen molar-refractivity contribution in [1.82, 2.24) is 9.38 Å². The van der Waals surface area contributed by atoms with Gasteiger partial charge in [-0.05, 0) is 55.2 Å². The van der Waals surface area contributed by atoms with E-state index in [0.29, 0.717) is 5.75 Å². The Labute approximate surface area is 188 Å². The molecule has 0 aliphatic carbocycles. The van der Waals surface area contributed by atoms with E-state index in [0.717, 1.165) is 57.9 Å². The summed E-state index contributed by atoms with van der Waals surface area (Å²) in [6.07, 6.45) is 3.83. The second kappa shape index (κ2) is 9.14. The standard InChI is InChI=1S/C26H28N4O2/c1-4-9-19-12-8-13-20(32-16-21(27)31)23(19)25-26(30-15-6-5-14-22(30)28-25)29-24-17(2)10-7-11-18(24)3/h5-8,10-15,29H,4,9,16H2,1-3H3,(H2,27,31). The third-order valence-electron chi connectivity index (χ3n) is 5.49. The second-order valence-corrected chi connectivity index (χ2v) is 7.92. The Balaban J connectivity index is 1.95. The van der Waals surface area contributed by atoms with E-state index < -0.39 is 5.91 Å². The molecule has 0 saturated heterocycles. The summed E-state index contributed by atoms with van der Waals surface area (Å²) in [5.74, 6) is 0.939. The molecule has 0 spiro atoms. The molecule has 4 aromatic rings. The lowest BCUT2D eigenvalue weighted by molar-refractivity contribution is -0.119. The van der Waals surface area contributed by atoms with Gasteiger partial charge in [0.05, 0.1) is 0 Å². The van der Waals surface area contributed by atoms with Crippen molar-refractivity contribution < 1.29 is 9.53 Å². The molecule has 2 aromatic heterocycles. The number of aromatic nitrogens is 2. The minimum atomic E-state index is -0.513. The van der Waals surface area contributed by atoms with Gasteiger partial charge in [-0.3, -0.25) is 9.20 Å². The maximum atomic E-state index is 11.4. The maximum absolute atomic E-state index is 11.4. The van der Waals surface area contributed by atoms with E-state index in [1.165, 1.54) is 0 Å². The van der Waals surface area contributed by atoms with Crippen LogP contribution in [0, 0.1) is 13.8 Å². The first kappa shape index (κ1) is 21.4. The number of ether oxygens (including phenoxy) is 1. The Morgan fingerprint density at radius 1 is 1.06 bits per heavy atom. The van der Waals surface area contributed by atoms with Gasteiger partial charge in [0.15, 0.2) is 6.61 Å². The molecular formula is C26H28N4O2. The van der Waals surface area contributed by atoms with E-state index in [4.69, 9.17) is 15.5 Å². The fourth-order valence-corrected chi connectivity index (χ4v) is 4.01. The molecule has 3 N–H and O–H groups in total. The summed E-state index contributed by atoms with van der Waals surface area (Å²) in [6.45, 7) is 6.13. The Bertz CT molecular complexity index is 1260. The first-order valence-electron chi connectivity index (χ1n) is 10.8. The highest BCUT2D eigenvalue weighted by molar-refractivity contribution is 5.86. The number of primary amides is 1. The Morgan fingerprint density at radius 2 is 1.81 bits per heavy atom. The van der Waals surface area contributed by atoms with Gasteiger partial charge in [0.1, 0.15) is 22.9 Å². The highest BCUT2D eigenvalue weighted by atomic mass is 16.5. The zero-order valence-corrected chi connectivity index (χ0v) is 18.7. The molecule has 0 aliphatic heterocycles. The minimum absolute atomic E-state index is 0.185. The summed E-state index contributed by atoms with van der Waals surface area (Å²) in [5.41, 5.74) is 12.3. The Morgan fingerprint density at radius 3 is 2.53 bits per heavy atom. The molecule has 4 rings (SSSR count). The predicted molar refractivity (Wildman–Crippen MR) is 129 cm³/mol. The molecule has 1 amide bonds. The fraction of sp³-hybridized carbons (Fsp3) is 0.231. The summed E-state index contributed by atoms with van der Waals surface area (Å²) >= 11 is 0. The van der Waals surface area contributed by atoms with E-state index in [9.17, 15) is 4.79 Å². The number of anilines is 2. The van der Waals surface area contributed by atoms with Crippen LogP contribution >= 0.6 is 0 Å². The average molecular weight is 429 g/mol. The number of para-hydroxylation sites is 1. The van der Waals surface area contributed by atoms with E-state index in [1.807, 2.05) is 40.9 Å². The smallest absolute Gasteiger partial charge is 0.255 e. The first-order chi connectivity index (χ1) is 15.5. The lowest BCUT2D eigenvalue weighted by Crippen LogP contribution is -2.20. The van der Waals surface area contributed by atoms with E-state index in [2.05, 4.69) is 50.4 Å². The molecule has 6 heteroatoms. The van der Waals surface area contributed by atoms with Crippen LogP contribution < -0.4 is 15.8 Å². The highest BCUT2D eigenvalue weighted by Crippen LogP contribution is 2.40. The number of nitrogens with zero attached hydrogens (tertiary/aromatic N) is 2. The van der Waals surface area contributed by atoms with Crippen LogP contribution in [0.15, 0.2) is 60.8 Å². The molecule has 164 valence electrons. The monoisotopic (exact) mass is 428 g/mol. The van der Waals surface area contributed by atoms with E-state index in [1.54, 1.807) is 0 Å². The van der Waals surface area contributed by atoms with Crippen LogP contribution in [0.4, 0.5) is 11.5 Å². The number of amides is 1. The number of nitrogens with one attached hydrogen (secondary N) is 1. The van der Waals surface area contributed by atoms with Crippen LogP contribution in [0.5, 0.6) is 5.75 Å². The van der Waals surface area contributed by atoms with Crippen LogP contribution in [-0.4, -0.2) is 21.9 Å². The summed E-state index contributed by atoms with van der Waals surface area (Å²) in [5, 5.41) is 3.65. The van der Waals surface area contributed by atoms with Crippen LogP contribution in [0.1, 0.15) is 30.0 Å². The SMILES string of the molecule is CCCc1cccc(OCC(N)=O)c1-c1nc2ccccn2c1Nc1c(C)cccc1C. The maximum Gasteiger partial charge on any atom is 0.255 e. The molecule has 0 unspecified atom stereocenters. The Hall–Kier alpha value is -3.80. The molecule has 0 bridgehead atoms.